The van der Waals surface area contributed by atoms with E-state index in [4.69, 9.17) is 10.5 Å². The predicted octanol–water partition coefficient (Wildman–Crippen LogP) is 4.45. The summed E-state index contributed by atoms with van der Waals surface area (Å²) < 4.78 is 5.78. The van der Waals surface area contributed by atoms with Gasteiger partial charge in [-0.15, -0.1) is 0 Å². The van der Waals surface area contributed by atoms with Gasteiger partial charge in [-0.1, -0.05) is 44.2 Å². The van der Waals surface area contributed by atoms with E-state index in [1.807, 2.05) is 48.5 Å². The number of anilines is 2. The molecule has 0 spiro atoms. The fraction of sp³-hybridized carbons (Fsp3) is 0.333. The molecule has 3 nitrogen and oxygen atoms in total. The normalized spacial score (nSPS) is 10.6. The van der Waals surface area contributed by atoms with Gasteiger partial charge in [0.2, 0.25) is 0 Å². The van der Waals surface area contributed by atoms with Crippen molar-refractivity contribution in [1.29, 1.82) is 0 Å². The number of hydrogen-bond donors (Lipinski definition) is 2. The topological polar surface area (TPSA) is 47.3 Å². The van der Waals surface area contributed by atoms with Crippen molar-refractivity contribution < 1.29 is 4.74 Å². The van der Waals surface area contributed by atoms with Gasteiger partial charge in [-0.05, 0) is 30.5 Å². The van der Waals surface area contributed by atoms with Crippen LogP contribution in [0.25, 0.3) is 0 Å². The maximum absolute atomic E-state index is 6.11. The van der Waals surface area contributed by atoms with Gasteiger partial charge in [-0.3, -0.25) is 0 Å². The largest absolute Gasteiger partial charge is 0.489 e. The summed E-state index contributed by atoms with van der Waals surface area (Å²) in [6.07, 6.45) is 2.17. The van der Waals surface area contributed by atoms with Gasteiger partial charge >= 0.3 is 0 Å². The van der Waals surface area contributed by atoms with Crippen LogP contribution in [0.4, 0.5) is 11.4 Å². The average molecular weight is 284 g/mol. The Bertz CT molecular complexity index is 550. The molecule has 0 aromatic heterocycles. The van der Waals surface area contributed by atoms with Gasteiger partial charge in [0, 0.05) is 12.1 Å². The second-order valence-electron chi connectivity index (χ2n) is 5.18. The number of hydrogen-bond acceptors (Lipinski definition) is 3. The molecule has 112 valence electrons. The number of nitrogen functional groups attached to an aromatic ring is 1. The molecule has 0 aliphatic carbocycles. The highest BCUT2D eigenvalue weighted by Gasteiger charge is 2.07. The Kier molecular flexibility index (Phi) is 5.50. The molecule has 0 saturated heterocycles. The summed E-state index contributed by atoms with van der Waals surface area (Å²) in [7, 11) is 0. The Morgan fingerprint density at radius 1 is 1.05 bits per heavy atom. The highest BCUT2D eigenvalue weighted by Crippen LogP contribution is 2.26. The van der Waals surface area contributed by atoms with Crippen LogP contribution < -0.4 is 15.8 Å². The lowest BCUT2D eigenvalue weighted by Gasteiger charge is -2.18. The zero-order valence-corrected chi connectivity index (χ0v) is 12.8. The van der Waals surface area contributed by atoms with Gasteiger partial charge < -0.3 is 15.8 Å². The number of nitrogens with one attached hydrogen (secondary N) is 1. The van der Waals surface area contributed by atoms with Gasteiger partial charge in [0.1, 0.15) is 12.4 Å². The Morgan fingerprint density at radius 2 is 1.76 bits per heavy atom. The quantitative estimate of drug-likeness (QED) is 0.738. The first-order chi connectivity index (χ1) is 10.2. The second-order valence-corrected chi connectivity index (χ2v) is 5.18. The Labute approximate surface area is 127 Å². The van der Waals surface area contributed by atoms with E-state index in [-0.39, 0.29) is 0 Å². The standard InChI is InChI=1S/C18H24N2O/c1-3-15(4-2)20-18-11-10-16(12-17(18)19)21-13-14-8-6-5-7-9-14/h5-12,15,20H,3-4,13,19H2,1-2H3. The fourth-order valence-electron chi connectivity index (χ4n) is 2.22. The van der Waals surface area contributed by atoms with Crippen LogP contribution in [0.1, 0.15) is 32.3 Å². The second kappa shape index (κ2) is 7.58. The maximum Gasteiger partial charge on any atom is 0.122 e. The molecule has 0 radical (unpaired) electrons. The van der Waals surface area contributed by atoms with Crippen LogP contribution in [0.5, 0.6) is 5.75 Å². The zero-order chi connectivity index (χ0) is 15.1. The van der Waals surface area contributed by atoms with E-state index in [1.54, 1.807) is 0 Å². The van der Waals surface area contributed by atoms with Crippen molar-refractivity contribution >= 4 is 11.4 Å². The number of nitrogens with two attached hydrogens (primary N) is 1. The number of rotatable bonds is 7. The molecule has 0 saturated carbocycles. The van der Waals surface area contributed by atoms with E-state index < -0.39 is 0 Å². The van der Waals surface area contributed by atoms with E-state index in [0.29, 0.717) is 12.6 Å². The lowest BCUT2D eigenvalue weighted by molar-refractivity contribution is 0.306. The molecule has 0 unspecified atom stereocenters. The summed E-state index contributed by atoms with van der Waals surface area (Å²) >= 11 is 0. The zero-order valence-electron chi connectivity index (χ0n) is 12.8. The first-order valence-electron chi connectivity index (χ1n) is 7.55. The van der Waals surface area contributed by atoms with Crippen LogP contribution in [0.3, 0.4) is 0 Å². The molecule has 0 amide bonds. The molecule has 0 atom stereocenters. The number of benzene rings is 2. The fourth-order valence-corrected chi connectivity index (χ4v) is 2.22. The summed E-state index contributed by atoms with van der Waals surface area (Å²) in [6, 6.07) is 16.4. The van der Waals surface area contributed by atoms with Gasteiger partial charge in [0.05, 0.1) is 11.4 Å². The first kappa shape index (κ1) is 15.2. The summed E-state index contributed by atoms with van der Waals surface area (Å²) in [5, 5.41) is 3.47. The van der Waals surface area contributed by atoms with E-state index >= 15 is 0 Å². The minimum Gasteiger partial charge on any atom is -0.489 e. The lowest BCUT2D eigenvalue weighted by atomic mass is 10.1. The van der Waals surface area contributed by atoms with Gasteiger partial charge in [0.25, 0.3) is 0 Å². The molecule has 0 heterocycles. The number of ether oxygens (including phenoxy) is 1. The molecule has 0 aliphatic heterocycles. The molecule has 3 heteroatoms. The van der Waals surface area contributed by atoms with E-state index in [1.165, 1.54) is 0 Å². The third-order valence-corrected chi connectivity index (χ3v) is 3.62. The van der Waals surface area contributed by atoms with Crippen LogP contribution in [-0.2, 0) is 6.61 Å². The maximum atomic E-state index is 6.11. The third kappa shape index (κ3) is 4.42. The smallest absolute Gasteiger partial charge is 0.122 e. The molecule has 0 fully saturated rings. The van der Waals surface area contributed by atoms with Crippen LogP contribution in [0.2, 0.25) is 0 Å². The van der Waals surface area contributed by atoms with E-state index in [2.05, 4.69) is 19.2 Å². The van der Waals surface area contributed by atoms with Crippen LogP contribution in [0, 0.1) is 0 Å². The molecular formula is C18H24N2O. The molecule has 2 aromatic carbocycles. The predicted molar refractivity (Wildman–Crippen MR) is 89.6 cm³/mol. The van der Waals surface area contributed by atoms with Gasteiger partial charge in [-0.25, -0.2) is 0 Å². The Hall–Kier alpha value is -2.16. The molecule has 2 aromatic rings. The van der Waals surface area contributed by atoms with E-state index in [0.717, 1.165) is 35.5 Å². The van der Waals surface area contributed by atoms with Crippen molar-refractivity contribution in [3.8, 4) is 5.75 Å². The SMILES string of the molecule is CCC(CC)Nc1ccc(OCc2ccccc2)cc1N. The summed E-state index contributed by atoms with van der Waals surface area (Å²) in [4.78, 5) is 0. The summed E-state index contributed by atoms with van der Waals surface area (Å²) in [5.74, 6) is 0.798. The minimum atomic E-state index is 0.461. The summed E-state index contributed by atoms with van der Waals surface area (Å²) in [6.45, 7) is 4.91. The van der Waals surface area contributed by atoms with Crippen molar-refractivity contribution in [2.24, 2.45) is 0 Å². The van der Waals surface area contributed by atoms with E-state index in [9.17, 15) is 0 Å². The van der Waals surface area contributed by atoms with Gasteiger partial charge in [-0.2, -0.15) is 0 Å². The van der Waals surface area contributed by atoms with Crippen LogP contribution >= 0.6 is 0 Å². The summed E-state index contributed by atoms with van der Waals surface area (Å²) in [5.41, 5.74) is 8.97. The third-order valence-electron chi connectivity index (χ3n) is 3.62. The molecule has 2 rings (SSSR count). The highest BCUT2D eigenvalue weighted by molar-refractivity contribution is 5.68. The first-order valence-corrected chi connectivity index (χ1v) is 7.55. The molecule has 3 N–H and O–H groups in total. The average Bonchev–Trinajstić information content (AvgIpc) is 2.53. The van der Waals surface area contributed by atoms with Crippen LogP contribution in [0.15, 0.2) is 48.5 Å². The van der Waals surface area contributed by atoms with Crippen molar-refractivity contribution in [3.63, 3.8) is 0 Å². The van der Waals surface area contributed by atoms with Crippen molar-refractivity contribution in [2.75, 3.05) is 11.1 Å². The lowest BCUT2D eigenvalue weighted by Crippen LogP contribution is -2.17. The van der Waals surface area contributed by atoms with Crippen molar-refractivity contribution in [3.05, 3.63) is 54.1 Å². The molecule has 21 heavy (non-hydrogen) atoms. The molecular weight excluding hydrogens is 260 g/mol. The highest BCUT2D eigenvalue weighted by atomic mass is 16.5. The van der Waals surface area contributed by atoms with Gasteiger partial charge in [0.15, 0.2) is 0 Å². The Balaban J connectivity index is 1.98. The Morgan fingerprint density at radius 3 is 2.38 bits per heavy atom. The van der Waals surface area contributed by atoms with Crippen molar-refractivity contribution in [2.45, 2.75) is 39.3 Å². The monoisotopic (exact) mass is 284 g/mol. The van der Waals surface area contributed by atoms with Crippen LogP contribution in [-0.4, -0.2) is 6.04 Å². The molecule has 0 bridgehead atoms. The van der Waals surface area contributed by atoms with Crippen molar-refractivity contribution in [1.82, 2.24) is 0 Å². The minimum absolute atomic E-state index is 0.461. The molecule has 0 aliphatic rings.